The van der Waals surface area contributed by atoms with Crippen LogP contribution in [0.1, 0.15) is 13.3 Å². The fourth-order valence-corrected chi connectivity index (χ4v) is 1.83. The molecular formula is C8H13NO2. The third kappa shape index (κ3) is 1.13. The van der Waals surface area contributed by atoms with E-state index in [9.17, 15) is 4.79 Å². The van der Waals surface area contributed by atoms with Crippen molar-refractivity contribution in [2.75, 3.05) is 13.2 Å². The molecule has 1 aliphatic carbocycles. The van der Waals surface area contributed by atoms with E-state index >= 15 is 0 Å². The first kappa shape index (κ1) is 7.10. The molecule has 2 aliphatic rings. The van der Waals surface area contributed by atoms with Gasteiger partial charge in [-0.25, -0.2) is 0 Å². The van der Waals surface area contributed by atoms with Crippen LogP contribution in [-0.2, 0) is 9.53 Å². The third-order valence-corrected chi connectivity index (χ3v) is 2.55. The van der Waals surface area contributed by atoms with E-state index in [1.807, 2.05) is 6.92 Å². The van der Waals surface area contributed by atoms with Crippen LogP contribution in [0.4, 0.5) is 0 Å². The molecule has 3 nitrogen and oxygen atoms in total. The first-order valence-corrected chi connectivity index (χ1v) is 4.23. The maximum absolute atomic E-state index is 11.2. The molecule has 0 aromatic heterocycles. The lowest BCUT2D eigenvalue weighted by atomic mass is 10.2. The lowest BCUT2D eigenvalue weighted by Gasteiger charge is -2.10. The minimum atomic E-state index is -0.0579. The Balaban J connectivity index is 1.89. The molecule has 1 saturated heterocycles. The lowest BCUT2D eigenvalue weighted by Crippen LogP contribution is -2.36. The molecule has 62 valence electrons. The van der Waals surface area contributed by atoms with Gasteiger partial charge in [0.25, 0.3) is 0 Å². The van der Waals surface area contributed by atoms with Crippen LogP contribution in [0.3, 0.4) is 0 Å². The number of nitrogens with one attached hydrogen (secondary N) is 1. The average Bonchev–Trinajstić information content (AvgIpc) is 2.63. The molecule has 0 spiro atoms. The van der Waals surface area contributed by atoms with Crippen molar-refractivity contribution in [2.24, 2.45) is 11.8 Å². The molecule has 0 aromatic rings. The van der Waals surface area contributed by atoms with Crippen LogP contribution < -0.4 is 5.32 Å². The second-order valence-corrected chi connectivity index (χ2v) is 3.30. The molecule has 1 saturated carbocycles. The summed E-state index contributed by atoms with van der Waals surface area (Å²) >= 11 is 0. The highest BCUT2D eigenvalue weighted by atomic mass is 16.5. The number of ether oxygens (including phenoxy) is 1. The van der Waals surface area contributed by atoms with Crippen LogP contribution in [0, 0.1) is 11.8 Å². The van der Waals surface area contributed by atoms with Crippen LogP contribution in [0.25, 0.3) is 0 Å². The van der Waals surface area contributed by atoms with Crippen LogP contribution in [0.5, 0.6) is 0 Å². The van der Waals surface area contributed by atoms with E-state index in [2.05, 4.69) is 5.32 Å². The molecule has 0 unspecified atom stereocenters. The van der Waals surface area contributed by atoms with Crippen molar-refractivity contribution in [1.82, 2.24) is 5.32 Å². The van der Waals surface area contributed by atoms with Gasteiger partial charge in [0.05, 0.1) is 6.61 Å². The molecule has 1 N–H and O–H groups in total. The molecule has 0 amide bonds. The number of carbonyl (C=O) groups is 1. The molecule has 2 fully saturated rings. The summed E-state index contributed by atoms with van der Waals surface area (Å²) in [4.78, 5) is 11.2. The highest BCUT2D eigenvalue weighted by Crippen LogP contribution is 2.45. The summed E-state index contributed by atoms with van der Waals surface area (Å²) in [7, 11) is 0. The fourth-order valence-electron chi connectivity index (χ4n) is 1.83. The van der Waals surface area contributed by atoms with Crippen LogP contribution in [0.2, 0.25) is 0 Å². The van der Waals surface area contributed by atoms with E-state index < -0.39 is 0 Å². The van der Waals surface area contributed by atoms with E-state index in [0.29, 0.717) is 12.5 Å². The molecule has 0 bridgehead atoms. The van der Waals surface area contributed by atoms with Gasteiger partial charge in [-0.3, -0.25) is 4.79 Å². The van der Waals surface area contributed by atoms with Crippen LogP contribution in [-0.4, -0.2) is 25.2 Å². The number of esters is 1. The monoisotopic (exact) mass is 155 g/mol. The van der Waals surface area contributed by atoms with Crippen LogP contribution >= 0.6 is 0 Å². The van der Waals surface area contributed by atoms with E-state index in [4.69, 9.17) is 4.74 Å². The molecule has 3 heteroatoms. The Bertz CT molecular complexity index is 181. The van der Waals surface area contributed by atoms with Crippen LogP contribution in [0.15, 0.2) is 0 Å². The summed E-state index contributed by atoms with van der Waals surface area (Å²) in [6.45, 7) is 3.35. The summed E-state index contributed by atoms with van der Waals surface area (Å²) in [6.07, 6.45) is 1.22. The topological polar surface area (TPSA) is 38.3 Å². The highest BCUT2D eigenvalue weighted by molar-refractivity contribution is 5.77. The lowest BCUT2D eigenvalue weighted by molar-refractivity contribution is -0.145. The normalized spacial score (nSPS) is 39.9. The van der Waals surface area contributed by atoms with Crippen molar-refractivity contribution in [2.45, 2.75) is 19.4 Å². The van der Waals surface area contributed by atoms with E-state index in [-0.39, 0.29) is 12.0 Å². The summed E-state index contributed by atoms with van der Waals surface area (Å²) in [5.41, 5.74) is 0. The maximum atomic E-state index is 11.2. The highest BCUT2D eigenvalue weighted by Gasteiger charge is 2.51. The fraction of sp³-hybridized carbons (Fsp3) is 0.875. The first-order valence-electron chi connectivity index (χ1n) is 4.23. The molecule has 2 rings (SSSR count). The van der Waals surface area contributed by atoms with Crippen molar-refractivity contribution in [3.05, 3.63) is 0 Å². The average molecular weight is 155 g/mol. The third-order valence-electron chi connectivity index (χ3n) is 2.55. The zero-order chi connectivity index (χ0) is 7.84. The largest absolute Gasteiger partial charge is 0.465 e. The van der Waals surface area contributed by atoms with E-state index in [1.165, 1.54) is 6.42 Å². The van der Waals surface area contributed by atoms with Crippen molar-refractivity contribution < 1.29 is 9.53 Å². The minimum Gasteiger partial charge on any atom is -0.465 e. The Labute approximate surface area is 66.1 Å². The van der Waals surface area contributed by atoms with Crippen molar-refractivity contribution in [1.29, 1.82) is 0 Å². The summed E-state index contributed by atoms with van der Waals surface area (Å²) < 4.78 is 4.92. The number of carbonyl (C=O) groups excluding carboxylic acids is 1. The van der Waals surface area contributed by atoms with Gasteiger partial charge in [0, 0.05) is 0 Å². The summed E-state index contributed by atoms with van der Waals surface area (Å²) in [6, 6.07) is 0.0138. The molecule has 0 aromatic carbocycles. The Morgan fingerprint density at radius 1 is 1.73 bits per heavy atom. The van der Waals surface area contributed by atoms with Crippen molar-refractivity contribution >= 4 is 5.97 Å². The SMILES string of the molecule is CCOC(=O)[C@H]1NC[C@H]2C[C@@H]21. The standard InChI is InChI=1S/C8H13NO2/c1-2-11-8(10)7-6-3-5(6)4-9-7/h5-7,9H,2-4H2,1H3/t5-,6+,7+/m1/s1. The number of rotatable bonds is 2. The zero-order valence-corrected chi connectivity index (χ0v) is 6.67. The van der Waals surface area contributed by atoms with Gasteiger partial charge in [0.15, 0.2) is 0 Å². The number of hydrogen-bond donors (Lipinski definition) is 1. The zero-order valence-electron chi connectivity index (χ0n) is 6.67. The van der Waals surface area contributed by atoms with Gasteiger partial charge in [0.1, 0.15) is 6.04 Å². The smallest absolute Gasteiger partial charge is 0.323 e. The van der Waals surface area contributed by atoms with Gasteiger partial charge in [-0.15, -0.1) is 0 Å². The van der Waals surface area contributed by atoms with Crippen molar-refractivity contribution in [3.63, 3.8) is 0 Å². The molecular weight excluding hydrogens is 142 g/mol. The molecule has 3 atom stereocenters. The van der Waals surface area contributed by atoms with Gasteiger partial charge in [-0.2, -0.15) is 0 Å². The van der Waals surface area contributed by atoms with Gasteiger partial charge in [-0.05, 0) is 31.7 Å². The molecule has 11 heavy (non-hydrogen) atoms. The first-order chi connectivity index (χ1) is 5.33. The van der Waals surface area contributed by atoms with Gasteiger partial charge in [0.2, 0.25) is 0 Å². The maximum Gasteiger partial charge on any atom is 0.323 e. The number of hydrogen-bond acceptors (Lipinski definition) is 3. The quantitative estimate of drug-likeness (QED) is 0.577. The summed E-state index contributed by atoms with van der Waals surface area (Å²) in [5, 5.41) is 3.17. The predicted octanol–water partition coefficient (Wildman–Crippen LogP) is 0.157. The molecule has 0 radical (unpaired) electrons. The summed E-state index contributed by atoms with van der Waals surface area (Å²) in [5.74, 6) is 1.30. The second kappa shape index (κ2) is 2.48. The van der Waals surface area contributed by atoms with E-state index in [1.54, 1.807) is 0 Å². The Kier molecular flexibility index (Phi) is 1.60. The van der Waals surface area contributed by atoms with Gasteiger partial charge >= 0.3 is 5.97 Å². The number of piperidine rings is 1. The second-order valence-electron chi connectivity index (χ2n) is 3.30. The Morgan fingerprint density at radius 3 is 3.00 bits per heavy atom. The van der Waals surface area contributed by atoms with Crippen molar-refractivity contribution in [3.8, 4) is 0 Å². The number of fused-ring (bicyclic) bond motifs is 1. The van der Waals surface area contributed by atoms with E-state index in [0.717, 1.165) is 12.5 Å². The predicted molar refractivity (Wildman–Crippen MR) is 40.0 cm³/mol. The Morgan fingerprint density at radius 2 is 2.55 bits per heavy atom. The van der Waals surface area contributed by atoms with Gasteiger partial charge < -0.3 is 10.1 Å². The Hall–Kier alpha value is -0.570. The van der Waals surface area contributed by atoms with Gasteiger partial charge in [-0.1, -0.05) is 0 Å². The molecule has 1 aliphatic heterocycles. The minimum absolute atomic E-state index is 0.0138. The molecule has 1 heterocycles.